The van der Waals surface area contributed by atoms with Crippen molar-refractivity contribution in [2.24, 2.45) is 5.73 Å². The third-order valence-corrected chi connectivity index (χ3v) is 4.47. The summed E-state index contributed by atoms with van der Waals surface area (Å²) in [4.78, 5) is 2.37. The molecule has 1 aliphatic heterocycles. The molecule has 2 aromatic carbocycles. The molecule has 0 saturated heterocycles. The van der Waals surface area contributed by atoms with Gasteiger partial charge in [0.1, 0.15) is 0 Å². The molecule has 2 aromatic rings. The zero-order valence-corrected chi connectivity index (χ0v) is 13.2. The second-order valence-electron chi connectivity index (χ2n) is 5.70. The Hall–Kier alpha value is -1.51. The van der Waals surface area contributed by atoms with Crippen LogP contribution in [0, 0.1) is 6.92 Å². The molecule has 1 aliphatic rings. The lowest BCUT2D eigenvalue weighted by molar-refractivity contribution is 0.766. The number of benzene rings is 2. The van der Waals surface area contributed by atoms with Gasteiger partial charge in [0.15, 0.2) is 0 Å². The molecule has 3 heteroatoms. The summed E-state index contributed by atoms with van der Waals surface area (Å²) in [7, 11) is 0. The van der Waals surface area contributed by atoms with E-state index in [2.05, 4.69) is 48.2 Å². The van der Waals surface area contributed by atoms with E-state index in [0.717, 1.165) is 30.0 Å². The minimum absolute atomic E-state index is 0.630. The summed E-state index contributed by atoms with van der Waals surface area (Å²) in [6.07, 6.45) is 3.17. The van der Waals surface area contributed by atoms with Gasteiger partial charge in [-0.3, -0.25) is 0 Å². The van der Waals surface area contributed by atoms with Crippen molar-refractivity contribution in [1.82, 2.24) is 0 Å². The molecular formula is C18H21ClN2. The molecule has 0 aromatic heterocycles. The number of fused-ring (bicyclic) bond motifs is 1. The van der Waals surface area contributed by atoms with Crippen molar-refractivity contribution in [2.45, 2.75) is 26.2 Å². The van der Waals surface area contributed by atoms with Gasteiger partial charge in [-0.2, -0.15) is 0 Å². The largest absolute Gasteiger partial charge is 0.341 e. The molecule has 2 nitrogen and oxygen atoms in total. The van der Waals surface area contributed by atoms with E-state index in [9.17, 15) is 0 Å². The third kappa shape index (κ3) is 2.92. The molecule has 0 saturated carbocycles. The summed E-state index contributed by atoms with van der Waals surface area (Å²) >= 11 is 6.40. The topological polar surface area (TPSA) is 29.3 Å². The van der Waals surface area contributed by atoms with Crippen LogP contribution in [0.3, 0.4) is 0 Å². The Labute approximate surface area is 131 Å². The van der Waals surface area contributed by atoms with Crippen LogP contribution >= 0.6 is 11.6 Å². The minimum atomic E-state index is 0.630. The van der Waals surface area contributed by atoms with Crippen LogP contribution in [-0.2, 0) is 12.8 Å². The highest BCUT2D eigenvalue weighted by Crippen LogP contribution is 2.35. The molecule has 0 amide bonds. The number of aryl methyl sites for hydroxylation is 2. The van der Waals surface area contributed by atoms with Gasteiger partial charge in [0, 0.05) is 22.9 Å². The molecule has 0 atom stereocenters. The van der Waals surface area contributed by atoms with Crippen molar-refractivity contribution in [3.63, 3.8) is 0 Å². The Morgan fingerprint density at radius 1 is 1.19 bits per heavy atom. The lowest BCUT2D eigenvalue weighted by Crippen LogP contribution is -2.24. The van der Waals surface area contributed by atoms with Gasteiger partial charge >= 0.3 is 0 Å². The zero-order chi connectivity index (χ0) is 14.8. The second-order valence-corrected chi connectivity index (χ2v) is 6.11. The predicted molar refractivity (Wildman–Crippen MR) is 90.7 cm³/mol. The molecule has 110 valence electrons. The maximum Gasteiger partial charge on any atom is 0.0459 e. The molecule has 0 aliphatic carbocycles. The molecule has 0 radical (unpaired) electrons. The van der Waals surface area contributed by atoms with Crippen LogP contribution in [0.4, 0.5) is 11.4 Å². The van der Waals surface area contributed by atoms with E-state index in [-0.39, 0.29) is 0 Å². The van der Waals surface area contributed by atoms with Crippen molar-refractivity contribution in [1.29, 1.82) is 0 Å². The van der Waals surface area contributed by atoms with Gasteiger partial charge in [-0.25, -0.2) is 0 Å². The van der Waals surface area contributed by atoms with E-state index >= 15 is 0 Å². The van der Waals surface area contributed by atoms with E-state index < -0.39 is 0 Å². The average molecular weight is 301 g/mol. The standard InChI is InChI=1S/C18H21ClN2/c1-13-4-7-18-15(11-13)3-2-10-21(18)16-6-5-14(8-9-20)17(19)12-16/h4-7,11-12H,2-3,8-10,20H2,1H3. The number of rotatable bonds is 3. The second kappa shape index (κ2) is 6.08. The molecule has 0 bridgehead atoms. The highest BCUT2D eigenvalue weighted by Gasteiger charge is 2.18. The number of hydrogen-bond acceptors (Lipinski definition) is 2. The number of halogens is 1. The summed E-state index contributed by atoms with van der Waals surface area (Å²) in [5, 5.41) is 0.817. The van der Waals surface area contributed by atoms with Crippen molar-refractivity contribution >= 4 is 23.0 Å². The first-order chi connectivity index (χ1) is 10.2. The minimum Gasteiger partial charge on any atom is -0.341 e. The van der Waals surface area contributed by atoms with Gasteiger partial charge in [-0.1, -0.05) is 35.4 Å². The number of anilines is 2. The predicted octanol–water partition coefficient (Wildman–Crippen LogP) is 4.23. The highest BCUT2D eigenvalue weighted by atomic mass is 35.5. The summed E-state index contributed by atoms with van der Waals surface area (Å²) in [5.41, 5.74) is 12.0. The van der Waals surface area contributed by atoms with Crippen molar-refractivity contribution in [3.05, 3.63) is 58.1 Å². The van der Waals surface area contributed by atoms with Crippen LogP contribution in [0.5, 0.6) is 0 Å². The van der Waals surface area contributed by atoms with Crippen LogP contribution in [0.2, 0.25) is 5.02 Å². The summed E-state index contributed by atoms with van der Waals surface area (Å²) in [6.45, 7) is 3.82. The molecule has 1 heterocycles. The van der Waals surface area contributed by atoms with Gasteiger partial charge < -0.3 is 10.6 Å². The number of nitrogens with zero attached hydrogens (tertiary/aromatic N) is 1. The molecule has 0 unspecified atom stereocenters. The van der Waals surface area contributed by atoms with Crippen LogP contribution in [0.25, 0.3) is 0 Å². The quantitative estimate of drug-likeness (QED) is 0.919. The lowest BCUT2D eigenvalue weighted by atomic mass is 9.99. The Kier molecular flexibility index (Phi) is 4.18. The first-order valence-electron chi connectivity index (χ1n) is 7.54. The Morgan fingerprint density at radius 2 is 2.05 bits per heavy atom. The molecular weight excluding hydrogens is 280 g/mol. The number of hydrogen-bond donors (Lipinski definition) is 1. The van der Waals surface area contributed by atoms with Gasteiger partial charge in [0.05, 0.1) is 0 Å². The fourth-order valence-corrected chi connectivity index (χ4v) is 3.33. The lowest BCUT2D eigenvalue weighted by Gasteiger charge is -2.32. The number of nitrogens with two attached hydrogens (primary N) is 1. The van der Waals surface area contributed by atoms with Gasteiger partial charge in [-0.15, -0.1) is 0 Å². The van der Waals surface area contributed by atoms with Gasteiger partial charge in [0.2, 0.25) is 0 Å². The smallest absolute Gasteiger partial charge is 0.0459 e. The summed E-state index contributed by atoms with van der Waals surface area (Å²) in [6, 6.07) is 13.0. The monoisotopic (exact) mass is 300 g/mol. The van der Waals surface area contributed by atoms with Crippen LogP contribution in [0.1, 0.15) is 23.1 Å². The van der Waals surface area contributed by atoms with Gasteiger partial charge in [-0.05, 0) is 62.1 Å². The van der Waals surface area contributed by atoms with E-state index in [1.165, 1.54) is 28.9 Å². The van der Waals surface area contributed by atoms with Crippen molar-refractivity contribution < 1.29 is 0 Å². The molecule has 2 N–H and O–H groups in total. The van der Waals surface area contributed by atoms with E-state index in [0.29, 0.717) is 6.54 Å². The fraction of sp³-hybridized carbons (Fsp3) is 0.333. The molecule has 21 heavy (non-hydrogen) atoms. The SMILES string of the molecule is Cc1ccc2c(c1)CCCN2c1ccc(CCN)c(Cl)c1. The normalized spacial score (nSPS) is 14.1. The van der Waals surface area contributed by atoms with Crippen LogP contribution in [0.15, 0.2) is 36.4 Å². The summed E-state index contributed by atoms with van der Waals surface area (Å²) in [5.74, 6) is 0. The maximum atomic E-state index is 6.40. The summed E-state index contributed by atoms with van der Waals surface area (Å²) < 4.78 is 0. The fourth-order valence-electron chi connectivity index (χ4n) is 3.06. The zero-order valence-electron chi connectivity index (χ0n) is 12.4. The van der Waals surface area contributed by atoms with E-state index in [1.54, 1.807) is 0 Å². The van der Waals surface area contributed by atoms with Crippen molar-refractivity contribution in [3.8, 4) is 0 Å². The Bertz CT molecular complexity index is 652. The van der Waals surface area contributed by atoms with Crippen molar-refractivity contribution in [2.75, 3.05) is 18.0 Å². The maximum absolute atomic E-state index is 6.40. The van der Waals surface area contributed by atoms with Gasteiger partial charge in [0.25, 0.3) is 0 Å². The highest BCUT2D eigenvalue weighted by molar-refractivity contribution is 6.31. The van der Waals surface area contributed by atoms with Crippen LogP contribution in [-0.4, -0.2) is 13.1 Å². The average Bonchev–Trinajstić information content (AvgIpc) is 2.48. The first-order valence-corrected chi connectivity index (χ1v) is 7.92. The first kappa shape index (κ1) is 14.4. The Balaban J connectivity index is 1.97. The molecule has 3 rings (SSSR count). The molecule has 0 spiro atoms. The third-order valence-electron chi connectivity index (χ3n) is 4.12. The Morgan fingerprint density at radius 3 is 2.81 bits per heavy atom. The van der Waals surface area contributed by atoms with Crippen LogP contribution < -0.4 is 10.6 Å². The van der Waals surface area contributed by atoms with E-state index in [1.807, 2.05) is 0 Å². The van der Waals surface area contributed by atoms with E-state index in [4.69, 9.17) is 17.3 Å². The molecule has 0 fully saturated rings.